The van der Waals surface area contributed by atoms with Gasteiger partial charge in [-0.2, -0.15) is 0 Å². The standard InChI is InChI=1S/3C3H6O2.Pd/c3*1-2-3(4)5;/h3*2H2,1H3,(H,4,5);/q;;;+2/p-2. The van der Waals surface area contributed by atoms with E-state index < -0.39 is 17.9 Å². The van der Waals surface area contributed by atoms with E-state index in [0.717, 1.165) is 0 Å². The van der Waals surface area contributed by atoms with Crippen molar-refractivity contribution in [3.63, 3.8) is 0 Å². The van der Waals surface area contributed by atoms with Crippen LogP contribution >= 0.6 is 0 Å². The Morgan fingerprint density at radius 2 is 1.00 bits per heavy atom. The molecule has 0 aliphatic rings. The maximum atomic E-state index is 9.37. The molecule has 0 aliphatic carbocycles. The molecule has 98 valence electrons. The fourth-order valence-electron chi connectivity index (χ4n) is 0. The monoisotopic (exact) mass is 326 g/mol. The molecule has 0 aromatic rings. The van der Waals surface area contributed by atoms with Gasteiger partial charge in [-0.1, -0.05) is 20.8 Å². The SMILES string of the molecule is CCC(=O)O.CCC(=O)[O-].CCC(=O)[O-].[Pd+2]. The van der Waals surface area contributed by atoms with Crippen LogP contribution < -0.4 is 10.2 Å². The number of aliphatic carboxylic acids is 3. The molecule has 0 aromatic carbocycles. The van der Waals surface area contributed by atoms with Crippen LogP contribution in [0.5, 0.6) is 0 Å². The first-order chi connectivity index (χ1) is 6.81. The Morgan fingerprint density at radius 1 is 0.875 bits per heavy atom. The van der Waals surface area contributed by atoms with Crippen molar-refractivity contribution >= 4 is 17.9 Å². The first-order valence-electron chi connectivity index (χ1n) is 4.43. The van der Waals surface area contributed by atoms with Gasteiger partial charge in [0.15, 0.2) is 0 Å². The molecule has 0 bridgehead atoms. The van der Waals surface area contributed by atoms with Gasteiger partial charge in [0, 0.05) is 18.4 Å². The van der Waals surface area contributed by atoms with Crippen molar-refractivity contribution < 1.29 is 50.1 Å². The van der Waals surface area contributed by atoms with Crippen molar-refractivity contribution in [3.8, 4) is 0 Å². The van der Waals surface area contributed by atoms with E-state index in [1.807, 2.05) is 0 Å². The Labute approximate surface area is 108 Å². The van der Waals surface area contributed by atoms with Crippen LogP contribution in [0.15, 0.2) is 0 Å². The molecule has 0 heterocycles. The van der Waals surface area contributed by atoms with Crippen LogP contribution in [0, 0.1) is 0 Å². The summed E-state index contributed by atoms with van der Waals surface area (Å²) in [7, 11) is 0. The Hall–Kier alpha value is -0.928. The molecule has 0 spiro atoms. The third-order valence-corrected chi connectivity index (χ3v) is 0.880. The van der Waals surface area contributed by atoms with Crippen LogP contribution in [0.4, 0.5) is 0 Å². The van der Waals surface area contributed by atoms with Gasteiger partial charge >= 0.3 is 26.4 Å². The summed E-state index contributed by atoms with van der Waals surface area (Å²) in [6, 6.07) is 0. The largest absolute Gasteiger partial charge is 2.00 e. The third-order valence-electron chi connectivity index (χ3n) is 0.880. The summed E-state index contributed by atoms with van der Waals surface area (Å²) in [6.07, 6.45) is 0.444. The predicted octanol–water partition coefficient (Wildman–Crippen LogP) is -1.23. The summed E-state index contributed by atoms with van der Waals surface area (Å²) in [6.45, 7) is 4.67. The van der Waals surface area contributed by atoms with Gasteiger partial charge in [0.1, 0.15) is 0 Å². The van der Waals surface area contributed by atoms with E-state index in [1.165, 1.54) is 13.8 Å². The first kappa shape index (κ1) is 24.3. The molecular weight excluding hydrogens is 311 g/mol. The second-order valence-corrected chi connectivity index (χ2v) is 2.20. The molecule has 0 unspecified atom stereocenters. The van der Waals surface area contributed by atoms with Crippen LogP contribution in [-0.2, 0) is 34.8 Å². The zero-order chi connectivity index (χ0) is 12.9. The number of carboxylic acid groups (broad SMARTS) is 3. The van der Waals surface area contributed by atoms with Crippen molar-refractivity contribution in [2.24, 2.45) is 0 Å². The van der Waals surface area contributed by atoms with Crippen LogP contribution in [0.25, 0.3) is 0 Å². The second-order valence-electron chi connectivity index (χ2n) is 2.20. The maximum absolute atomic E-state index is 9.37. The fourth-order valence-corrected chi connectivity index (χ4v) is 0. The Kier molecular flexibility index (Phi) is 29.8. The Balaban J connectivity index is -0.0000000655. The summed E-state index contributed by atoms with van der Waals surface area (Å²) in [4.78, 5) is 27.9. The van der Waals surface area contributed by atoms with Gasteiger partial charge in [-0.05, 0) is 12.8 Å². The molecule has 0 rings (SSSR count). The predicted molar refractivity (Wildman–Crippen MR) is 48.5 cm³/mol. The molecule has 0 saturated carbocycles. The van der Waals surface area contributed by atoms with Gasteiger partial charge in [-0.15, -0.1) is 0 Å². The van der Waals surface area contributed by atoms with Crippen LogP contribution in [0.3, 0.4) is 0 Å². The molecule has 0 radical (unpaired) electrons. The quantitative estimate of drug-likeness (QED) is 0.649. The van der Waals surface area contributed by atoms with Crippen molar-refractivity contribution in [2.75, 3.05) is 0 Å². The van der Waals surface area contributed by atoms with E-state index in [4.69, 9.17) is 5.11 Å². The summed E-state index contributed by atoms with van der Waals surface area (Å²) in [5.41, 5.74) is 0. The number of hydrogen-bond donors (Lipinski definition) is 1. The van der Waals surface area contributed by atoms with Crippen LogP contribution in [0.2, 0.25) is 0 Å². The molecule has 0 aliphatic heterocycles. The minimum atomic E-state index is -0.995. The average molecular weight is 327 g/mol. The Bertz CT molecular complexity index is 159. The molecule has 0 fully saturated rings. The molecule has 0 aromatic heterocycles. The van der Waals surface area contributed by atoms with E-state index in [0.29, 0.717) is 0 Å². The van der Waals surface area contributed by atoms with E-state index in [1.54, 1.807) is 6.92 Å². The zero-order valence-corrected chi connectivity index (χ0v) is 11.0. The molecule has 0 atom stereocenters. The van der Waals surface area contributed by atoms with Crippen LogP contribution in [-0.4, -0.2) is 23.0 Å². The second kappa shape index (κ2) is 19.6. The van der Waals surface area contributed by atoms with Crippen molar-refractivity contribution in [1.29, 1.82) is 0 Å². The molecule has 6 nitrogen and oxygen atoms in total. The molecule has 16 heavy (non-hydrogen) atoms. The number of carbonyl (C=O) groups is 3. The molecule has 0 saturated heterocycles. The minimum Gasteiger partial charge on any atom is -0.550 e. The molecule has 0 amide bonds. The third kappa shape index (κ3) is 74.0. The van der Waals surface area contributed by atoms with Crippen molar-refractivity contribution in [2.45, 2.75) is 40.0 Å². The summed E-state index contributed by atoms with van der Waals surface area (Å²) < 4.78 is 0. The molecule has 7 heteroatoms. The van der Waals surface area contributed by atoms with Gasteiger partial charge in [0.2, 0.25) is 0 Å². The van der Waals surface area contributed by atoms with Gasteiger partial charge in [-0.25, -0.2) is 0 Å². The number of rotatable bonds is 3. The van der Waals surface area contributed by atoms with E-state index >= 15 is 0 Å². The van der Waals surface area contributed by atoms with Gasteiger partial charge in [0.25, 0.3) is 0 Å². The zero-order valence-electron chi connectivity index (χ0n) is 9.43. The molecular formula is C9H16O6Pd. The van der Waals surface area contributed by atoms with E-state index in [9.17, 15) is 24.6 Å². The summed E-state index contributed by atoms with van der Waals surface area (Å²) >= 11 is 0. The number of hydrogen-bond acceptors (Lipinski definition) is 5. The number of carbonyl (C=O) groups excluding carboxylic acids is 2. The van der Waals surface area contributed by atoms with Gasteiger partial charge in [-0.3, -0.25) is 4.79 Å². The first-order valence-corrected chi connectivity index (χ1v) is 4.43. The fraction of sp³-hybridized carbons (Fsp3) is 0.667. The van der Waals surface area contributed by atoms with Crippen molar-refractivity contribution in [1.82, 2.24) is 0 Å². The van der Waals surface area contributed by atoms with Gasteiger partial charge in [0.05, 0.1) is 0 Å². The minimum absolute atomic E-state index is 0. The Morgan fingerprint density at radius 3 is 1.00 bits per heavy atom. The topological polar surface area (TPSA) is 118 Å². The number of carboxylic acids is 3. The van der Waals surface area contributed by atoms with E-state index in [2.05, 4.69) is 0 Å². The smallest absolute Gasteiger partial charge is 0.550 e. The normalized spacial score (nSPS) is 6.94. The average Bonchev–Trinajstić information content (AvgIpc) is 2.19. The summed E-state index contributed by atoms with van der Waals surface area (Å²) in [5.74, 6) is -2.74. The molecule has 1 N–H and O–H groups in total. The van der Waals surface area contributed by atoms with Crippen molar-refractivity contribution in [3.05, 3.63) is 0 Å². The summed E-state index contributed by atoms with van der Waals surface area (Å²) in [5, 5.41) is 26.2. The maximum Gasteiger partial charge on any atom is 2.00 e. The van der Waals surface area contributed by atoms with Gasteiger partial charge < -0.3 is 24.9 Å². The van der Waals surface area contributed by atoms with E-state index in [-0.39, 0.29) is 39.7 Å². The van der Waals surface area contributed by atoms with Crippen LogP contribution in [0.1, 0.15) is 40.0 Å².